The number of carbonyl (C=O) groups is 1. The summed E-state index contributed by atoms with van der Waals surface area (Å²) in [6.07, 6.45) is 1.55. The molecule has 5 heteroatoms. The Bertz CT molecular complexity index is 587. The molecule has 19 heavy (non-hydrogen) atoms. The first kappa shape index (κ1) is 13.5. The van der Waals surface area contributed by atoms with E-state index in [1.165, 1.54) is 0 Å². The summed E-state index contributed by atoms with van der Waals surface area (Å²) in [6, 6.07) is 10.8. The largest absolute Gasteiger partial charge is 0.456 e. The molecule has 0 saturated heterocycles. The van der Waals surface area contributed by atoms with Gasteiger partial charge in [0.1, 0.15) is 17.2 Å². The number of nitrogens with zero attached hydrogens (tertiary/aromatic N) is 1. The van der Waals surface area contributed by atoms with E-state index in [0.717, 1.165) is 4.47 Å². The zero-order valence-corrected chi connectivity index (χ0v) is 12.0. The number of hydrogen-bond donors (Lipinski definition) is 1. The summed E-state index contributed by atoms with van der Waals surface area (Å²) in [4.78, 5) is 15.7. The smallest absolute Gasteiger partial charge is 0.270 e. The molecule has 0 fully saturated rings. The van der Waals surface area contributed by atoms with Crippen LogP contribution in [-0.4, -0.2) is 17.4 Å². The lowest BCUT2D eigenvalue weighted by Crippen LogP contribution is -2.23. The lowest BCUT2D eigenvalue weighted by molar-refractivity contribution is 0.0950. The van der Waals surface area contributed by atoms with Crippen molar-refractivity contribution in [2.24, 2.45) is 0 Å². The molecule has 2 aromatic rings. The van der Waals surface area contributed by atoms with Gasteiger partial charge in [-0.1, -0.05) is 12.1 Å². The van der Waals surface area contributed by atoms with Gasteiger partial charge in [0.2, 0.25) is 0 Å². The Labute approximate surface area is 119 Å². The second kappa shape index (κ2) is 6.33. The van der Waals surface area contributed by atoms with Gasteiger partial charge in [0.05, 0.1) is 4.47 Å². The van der Waals surface area contributed by atoms with E-state index in [1.807, 2.05) is 31.2 Å². The van der Waals surface area contributed by atoms with Gasteiger partial charge in [-0.25, -0.2) is 0 Å². The van der Waals surface area contributed by atoms with Crippen LogP contribution >= 0.6 is 15.9 Å². The molecule has 1 aromatic heterocycles. The zero-order valence-electron chi connectivity index (χ0n) is 10.4. The maximum Gasteiger partial charge on any atom is 0.270 e. The summed E-state index contributed by atoms with van der Waals surface area (Å²) in [5.74, 6) is 1.05. The minimum absolute atomic E-state index is 0.208. The van der Waals surface area contributed by atoms with Crippen molar-refractivity contribution < 1.29 is 9.53 Å². The minimum atomic E-state index is -0.208. The molecule has 0 aliphatic rings. The SMILES string of the molecule is CCNC(=O)c1cc(Oc2ccccc2Br)ccn1. The predicted molar refractivity (Wildman–Crippen MR) is 76.5 cm³/mol. The summed E-state index contributed by atoms with van der Waals surface area (Å²) in [6.45, 7) is 2.43. The third-order valence-electron chi connectivity index (χ3n) is 2.37. The van der Waals surface area contributed by atoms with Crippen LogP contribution in [0.25, 0.3) is 0 Å². The van der Waals surface area contributed by atoms with Crippen LogP contribution in [-0.2, 0) is 0 Å². The van der Waals surface area contributed by atoms with Crippen LogP contribution in [0, 0.1) is 0 Å². The van der Waals surface area contributed by atoms with E-state index in [4.69, 9.17) is 4.74 Å². The van der Waals surface area contributed by atoms with Gasteiger partial charge < -0.3 is 10.1 Å². The number of pyridine rings is 1. The molecule has 2 rings (SSSR count). The number of halogens is 1. The molecule has 1 amide bonds. The molecule has 0 aliphatic heterocycles. The molecule has 98 valence electrons. The van der Waals surface area contributed by atoms with Crippen LogP contribution in [0.3, 0.4) is 0 Å². The summed E-state index contributed by atoms with van der Waals surface area (Å²) in [7, 11) is 0. The Morgan fingerprint density at radius 3 is 2.89 bits per heavy atom. The van der Waals surface area contributed by atoms with Gasteiger partial charge >= 0.3 is 0 Å². The Morgan fingerprint density at radius 1 is 1.37 bits per heavy atom. The fourth-order valence-corrected chi connectivity index (χ4v) is 1.87. The number of para-hydroxylation sites is 1. The molecule has 0 bridgehead atoms. The average Bonchev–Trinajstić information content (AvgIpc) is 2.42. The van der Waals surface area contributed by atoms with Crippen molar-refractivity contribution in [2.75, 3.05) is 6.54 Å². The molecule has 0 atom stereocenters. The number of aromatic nitrogens is 1. The van der Waals surface area contributed by atoms with Gasteiger partial charge in [-0.05, 0) is 41.1 Å². The molecule has 0 aliphatic carbocycles. The van der Waals surface area contributed by atoms with E-state index in [1.54, 1.807) is 18.3 Å². The van der Waals surface area contributed by atoms with Gasteiger partial charge in [-0.15, -0.1) is 0 Å². The van der Waals surface area contributed by atoms with Crippen molar-refractivity contribution in [3.63, 3.8) is 0 Å². The second-order valence-corrected chi connectivity index (χ2v) is 4.62. The van der Waals surface area contributed by atoms with Gasteiger partial charge in [-0.3, -0.25) is 9.78 Å². The fourth-order valence-electron chi connectivity index (χ4n) is 1.50. The van der Waals surface area contributed by atoms with Crippen LogP contribution < -0.4 is 10.1 Å². The topological polar surface area (TPSA) is 51.2 Å². The summed E-state index contributed by atoms with van der Waals surface area (Å²) in [5.41, 5.74) is 0.339. The van der Waals surface area contributed by atoms with E-state index in [9.17, 15) is 4.79 Å². The molecule has 1 aromatic carbocycles. The quantitative estimate of drug-likeness (QED) is 0.939. The van der Waals surface area contributed by atoms with Crippen molar-refractivity contribution >= 4 is 21.8 Å². The first-order chi connectivity index (χ1) is 9.20. The lowest BCUT2D eigenvalue weighted by atomic mass is 10.3. The van der Waals surface area contributed by atoms with Crippen LogP contribution in [0.4, 0.5) is 0 Å². The maximum atomic E-state index is 11.7. The predicted octanol–water partition coefficient (Wildman–Crippen LogP) is 3.39. The first-order valence-corrected chi connectivity index (χ1v) is 6.66. The van der Waals surface area contributed by atoms with Crippen molar-refractivity contribution in [2.45, 2.75) is 6.92 Å². The number of amides is 1. The normalized spacial score (nSPS) is 10.0. The molecular formula is C14H13BrN2O2. The highest BCUT2D eigenvalue weighted by molar-refractivity contribution is 9.10. The van der Waals surface area contributed by atoms with E-state index in [-0.39, 0.29) is 5.91 Å². The Morgan fingerprint density at radius 2 is 2.16 bits per heavy atom. The molecule has 1 N–H and O–H groups in total. The number of rotatable bonds is 4. The second-order valence-electron chi connectivity index (χ2n) is 3.77. The van der Waals surface area contributed by atoms with Crippen LogP contribution in [0.2, 0.25) is 0 Å². The van der Waals surface area contributed by atoms with Crippen molar-refractivity contribution in [3.8, 4) is 11.5 Å². The Balaban J connectivity index is 2.20. The van der Waals surface area contributed by atoms with Gasteiger partial charge in [0, 0.05) is 18.8 Å². The highest BCUT2D eigenvalue weighted by Gasteiger charge is 2.08. The lowest BCUT2D eigenvalue weighted by Gasteiger charge is -2.08. The van der Waals surface area contributed by atoms with Crippen molar-refractivity contribution in [3.05, 3.63) is 52.8 Å². The Hall–Kier alpha value is -1.88. The maximum absolute atomic E-state index is 11.7. The number of nitrogens with one attached hydrogen (secondary N) is 1. The van der Waals surface area contributed by atoms with Crippen molar-refractivity contribution in [1.29, 1.82) is 0 Å². The first-order valence-electron chi connectivity index (χ1n) is 5.87. The third kappa shape index (κ3) is 3.54. The van der Waals surface area contributed by atoms with Gasteiger partial charge in [-0.2, -0.15) is 0 Å². The third-order valence-corrected chi connectivity index (χ3v) is 3.02. The number of ether oxygens (including phenoxy) is 1. The highest BCUT2D eigenvalue weighted by Crippen LogP contribution is 2.29. The van der Waals surface area contributed by atoms with Crippen LogP contribution in [0.1, 0.15) is 17.4 Å². The summed E-state index contributed by atoms with van der Waals surface area (Å²) in [5, 5.41) is 2.70. The fraction of sp³-hybridized carbons (Fsp3) is 0.143. The molecular weight excluding hydrogens is 308 g/mol. The number of carbonyl (C=O) groups excluding carboxylic acids is 1. The minimum Gasteiger partial charge on any atom is -0.456 e. The van der Waals surface area contributed by atoms with Gasteiger partial charge in [0.15, 0.2) is 0 Å². The molecule has 0 saturated carbocycles. The summed E-state index contributed by atoms with van der Waals surface area (Å²) >= 11 is 3.41. The van der Waals surface area contributed by atoms with Crippen LogP contribution in [0.5, 0.6) is 11.5 Å². The van der Waals surface area contributed by atoms with Gasteiger partial charge in [0.25, 0.3) is 5.91 Å². The molecule has 4 nitrogen and oxygen atoms in total. The van der Waals surface area contributed by atoms with E-state index >= 15 is 0 Å². The number of benzene rings is 1. The standard InChI is InChI=1S/C14H13BrN2O2/c1-2-16-14(18)12-9-10(7-8-17-12)19-13-6-4-3-5-11(13)15/h3-9H,2H2,1H3,(H,16,18). The average molecular weight is 321 g/mol. The van der Waals surface area contributed by atoms with E-state index in [2.05, 4.69) is 26.2 Å². The van der Waals surface area contributed by atoms with Crippen molar-refractivity contribution in [1.82, 2.24) is 10.3 Å². The highest BCUT2D eigenvalue weighted by atomic mass is 79.9. The zero-order chi connectivity index (χ0) is 13.7. The molecule has 0 unspecified atom stereocenters. The molecule has 0 spiro atoms. The van der Waals surface area contributed by atoms with E-state index < -0.39 is 0 Å². The monoisotopic (exact) mass is 320 g/mol. The van der Waals surface area contributed by atoms with E-state index in [0.29, 0.717) is 23.7 Å². The summed E-state index contributed by atoms with van der Waals surface area (Å²) < 4.78 is 6.56. The Kier molecular flexibility index (Phi) is 4.52. The van der Waals surface area contributed by atoms with Crippen LogP contribution in [0.15, 0.2) is 47.1 Å². The molecule has 0 radical (unpaired) electrons. The molecule has 1 heterocycles. The number of hydrogen-bond acceptors (Lipinski definition) is 3.